The zero-order valence-corrected chi connectivity index (χ0v) is 14.5. The number of halogens is 2. The molecule has 1 aromatic carbocycles. The van der Waals surface area contributed by atoms with Gasteiger partial charge in [0, 0.05) is 23.0 Å². The first-order valence-electron chi connectivity index (χ1n) is 7.94. The first kappa shape index (κ1) is 16.9. The molecule has 0 aromatic heterocycles. The monoisotopic (exact) mass is 357 g/mol. The number of ether oxygens (including phenoxy) is 1. The van der Waals surface area contributed by atoms with E-state index in [-0.39, 0.29) is 11.9 Å². The third-order valence-electron chi connectivity index (χ3n) is 4.29. The van der Waals surface area contributed by atoms with Crippen LogP contribution >= 0.6 is 15.9 Å². The molecule has 1 aliphatic heterocycles. The van der Waals surface area contributed by atoms with E-state index in [1.54, 1.807) is 6.07 Å². The number of rotatable bonds is 7. The Morgan fingerprint density at radius 3 is 2.90 bits per heavy atom. The Hall–Kier alpha value is -0.450. The van der Waals surface area contributed by atoms with Crippen molar-refractivity contribution < 1.29 is 9.13 Å². The first-order chi connectivity index (χ1) is 10.2. The van der Waals surface area contributed by atoms with Crippen LogP contribution in [-0.4, -0.2) is 25.3 Å². The van der Waals surface area contributed by atoms with E-state index in [4.69, 9.17) is 4.74 Å². The highest BCUT2D eigenvalue weighted by Crippen LogP contribution is 2.29. The van der Waals surface area contributed by atoms with Crippen molar-refractivity contribution in [1.82, 2.24) is 5.32 Å². The zero-order chi connectivity index (χ0) is 15.2. The lowest BCUT2D eigenvalue weighted by Crippen LogP contribution is -2.42. The number of hydrogen-bond donors (Lipinski definition) is 1. The fraction of sp³-hybridized carbons (Fsp3) is 0.647. The van der Waals surface area contributed by atoms with Crippen LogP contribution in [0.5, 0.6) is 0 Å². The molecule has 2 rings (SSSR count). The summed E-state index contributed by atoms with van der Waals surface area (Å²) in [5.41, 5.74) is 0.786. The van der Waals surface area contributed by atoms with Crippen LogP contribution in [-0.2, 0) is 11.2 Å². The molecule has 0 saturated carbocycles. The van der Waals surface area contributed by atoms with Gasteiger partial charge in [0.05, 0.1) is 6.10 Å². The van der Waals surface area contributed by atoms with Gasteiger partial charge in [0.1, 0.15) is 5.82 Å². The van der Waals surface area contributed by atoms with E-state index in [1.165, 1.54) is 0 Å². The molecule has 1 aromatic rings. The van der Waals surface area contributed by atoms with Crippen LogP contribution in [0.3, 0.4) is 0 Å². The summed E-state index contributed by atoms with van der Waals surface area (Å²) in [5.74, 6) is 0.351. The molecule has 0 bridgehead atoms. The van der Waals surface area contributed by atoms with Crippen molar-refractivity contribution >= 4 is 15.9 Å². The van der Waals surface area contributed by atoms with Crippen LogP contribution in [0.4, 0.5) is 4.39 Å². The highest BCUT2D eigenvalue weighted by atomic mass is 79.9. The second-order valence-electron chi connectivity index (χ2n) is 5.77. The summed E-state index contributed by atoms with van der Waals surface area (Å²) in [6.07, 6.45) is 4.21. The van der Waals surface area contributed by atoms with Crippen molar-refractivity contribution in [3.8, 4) is 0 Å². The van der Waals surface area contributed by atoms with Crippen LogP contribution in [0.1, 0.15) is 38.7 Å². The Morgan fingerprint density at radius 1 is 1.43 bits per heavy atom. The largest absolute Gasteiger partial charge is 0.378 e. The smallest absolute Gasteiger partial charge is 0.127 e. The summed E-state index contributed by atoms with van der Waals surface area (Å²) in [6.45, 7) is 6.12. The van der Waals surface area contributed by atoms with Gasteiger partial charge in [0.2, 0.25) is 0 Å². The molecule has 3 unspecified atom stereocenters. The van der Waals surface area contributed by atoms with Crippen molar-refractivity contribution in [2.45, 2.75) is 51.7 Å². The fourth-order valence-corrected chi connectivity index (χ4v) is 3.51. The molecule has 1 heterocycles. The van der Waals surface area contributed by atoms with E-state index in [0.29, 0.717) is 12.0 Å². The molecule has 21 heavy (non-hydrogen) atoms. The van der Waals surface area contributed by atoms with Crippen LogP contribution in [0.15, 0.2) is 22.7 Å². The third-order valence-corrected chi connectivity index (χ3v) is 4.78. The summed E-state index contributed by atoms with van der Waals surface area (Å²) in [6, 6.07) is 5.64. The normalized spacial score (nSPS) is 23.4. The maximum atomic E-state index is 14.1. The van der Waals surface area contributed by atoms with Gasteiger partial charge in [-0.3, -0.25) is 0 Å². The van der Waals surface area contributed by atoms with Crippen molar-refractivity contribution in [3.05, 3.63) is 34.1 Å². The van der Waals surface area contributed by atoms with Gasteiger partial charge in [-0.25, -0.2) is 4.39 Å². The second-order valence-corrected chi connectivity index (χ2v) is 6.69. The first-order valence-corrected chi connectivity index (χ1v) is 8.73. The minimum absolute atomic E-state index is 0.125. The highest BCUT2D eigenvalue weighted by Gasteiger charge is 2.33. The average Bonchev–Trinajstić information content (AvgIpc) is 2.94. The van der Waals surface area contributed by atoms with Crippen LogP contribution in [0, 0.1) is 11.7 Å². The summed E-state index contributed by atoms with van der Waals surface area (Å²) < 4.78 is 20.7. The maximum Gasteiger partial charge on any atom is 0.127 e. The van der Waals surface area contributed by atoms with Crippen LogP contribution < -0.4 is 5.32 Å². The van der Waals surface area contributed by atoms with Gasteiger partial charge in [-0.05, 0) is 49.9 Å². The molecule has 3 atom stereocenters. The number of benzene rings is 1. The molecule has 0 amide bonds. The predicted molar refractivity (Wildman–Crippen MR) is 88.0 cm³/mol. The summed E-state index contributed by atoms with van der Waals surface area (Å²) in [4.78, 5) is 0. The zero-order valence-electron chi connectivity index (χ0n) is 12.9. The lowest BCUT2D eigenvalue weighted by atomic mass is 9.87. The van der Waals surface area contributed by atoms with Crippen molar-refractivity contribution in [1.29, 1.82) is 0 Å². The minimum Gasteiger partial charge on any atom is -0.378 e. The Morgan fingerprint density at radius 2 is 2.24 bits per heavy atom. The van der Waals surface area contributed by atoms with Gasteiger partial charge in [-0.1, -0.05) is 35.8 Å². The Kier molecular flexibility index (Phi) is 6.65. The molecular weight excluding hydrogens is 333 g/mol. The fourth-order valence-electron chi connectivity index (χ4n) is 3.17. The maximum absolute atomic E-state index is 14.1. The Bertz CT molecular complexity index is 454. The van der Waals surface area contributed by atoms with E-state index in [0.717, 1.165) is 48.9 Å². The Labute approximate surface area is 135 Å². The van der Waals surface area contributed by atoms with Crippen molar-refractivity contribution in [2.75, 3.05) is 13.2 Å². The van der Waals surface area contributed by atoms with Gasteiger partial charge >= 0.3 is 0 Å². The van der Waals surface area contributed by atoms with E-state index >= 15 is 0 Å². The van der Waals surface area contributed by atoms with E-state index in [9.17, 15) is 4.39 Å². The minimum atomic E-state index is -0.125. The molecule has 1 N–H and O–H groups in total. The molecule has 118 valence electrons. The van der Waals surface area contributed by atoms with Gasteiger partial charge < -0.3 is 10.1 Å². The third kappa shape index (κ3) is 4.51. The SMILES string of the molecule is CCCNC(Cc1ccc(Br)cc1F)C1CCOC1CC. The molecule has 0 spiro atoms. The summed E-state index contributed by atoms with van der Waals surface area (Å²) in [5, 5.41) is 3.61. The molecule has 4 heteroatoms. The average molecular weight is 358 g/mol. The van der Waals surface area contributed by atoms with Gasteiger partial charge in [0.25, 0.3) is 0 Å². The molecule has 0 aliphatic carbocycles. The molecule has 0 radical (unpaired) electrons. The van der Waals surface area contributed by atoms with E-state index < -0.39 is 0 Å². The standard InChI is InChI=1S/C17H25BrFNO/c1-3-8-20-16(14-7-9-21-17(14)4-2)10-12-5-6-13(18)11-15(12)19/h5-6,11,14,16-17,20H,3-4,7-10H2,1-2H3. The van der Waals surface area contributed by atoms with Gasteiger partial charge in [-0.2, -0.15) is 0 Å². The quantitative estimate of drug-likeness (QED) is 0.784. The van der Waals surface area contributed by atoms with Crippen LogP contribution in [0.25, 0.3) is 0 Å². The summed E-state index contributed by atoms with van der Waals surface area (Å²) in [7, 11) is 0. The van der Waals surface area contributed by atoms with E-state index in [2.05, 4.69) is 35.1 Å². The van der Waals surface area contributed by atoms with Crippen molar-refractivity contribution in [2.24, 2.45) is 5.92 Å². The van der Waals surface area contributed by atoms with E-state index in [1.807, 2.05) is 12.1 Å². The van der Waals surface area contributed by atoms with Gasteiger partial charge in [0.15, 0.2) is 0 Å². The summed E-state index contributed by atoms with van der Waals surface area (Å²) >= 11 is 3.32. The topological polar surface area (TPSA) is 21.3 Å². The second kappa shape index (κ2) is 8.25. The van der Waals surface area contributed by atoms with Gasteiger partial charge in [-0.15, -0.1) is 0 Å². The number of nitrogens with one attached hydrogen (secondary N) is 1. The van der Waals surface area contributed by atoms with Crippen LogP contribution in [0.2, 0.25) is 0 Å². The molecular formula is C17H25BrFNO. The predicted octanol–water partition coefficient (Wildman–Crippen LogP) is 4.31. The molecule has 1 fully saturated rings. The highest BCUT2D eigenvalue weighted by molar-refractivity contribution is 9.10. The lowest BCUT2D eigenvalue weighted by molar-refractivity contribution is 0.0774. The molecule has 2 nitrogen and oxygen atoms in total. The Balaban J connectivity index is 2.11. The lowest BCUT2D eigenvalue weighted by Gasteiger charge is -2.28. The molecule has 1 saturated heterocycles. The molecule has 1 aliphatic rings. The van der Waals surface area contributed by atoms with Crippen molar-refractivity contribution in [3.63, 3.8) is 0 Å². The number of hydrogen-bond acceptors (Lipinski definition) is 2.